The molecule has 0 spiro atoms. The molecule has 0 saturated heterocycles. The van der Waals surface area contributed by atoms with Crippen molar-refractivity contribution in [3.8, 4) is 11.5 Å². The maximum Gasteiger partial charge on any atom is 0.492 e. The molecule has 10 nitrogen and oxygen atoms in total. The van der Waals surface area contributed by atoms with Crippen LogP contribution in [0.25, 0.3) is 11.5 Å². The molecule has 106 valence electrons. The lowest BCUT2D eigenvalue weighted by Crippen LogP contribution is -1.94. The summed E-state index contributed by atoms with van der Waals surface area (Å²) in [7, 11) is 1.54. The molecular formula is C10H7N7O3S. The Kier molecular flexibility index (Phi) is 3.31. The quantitative estimate of drug-likeness (QED) is 0.518. The van der Waals surface area contributed by atoms with E-state index < -0.39 is 10.9 Å². The molecule has 0 atom stereocenters. The van der Waals surface area contributed by atoms with Crippen molar-refractivity contribution in [3.05, 3.63) is 34.6 Å². The van der Waals surface area contributed by atoms with Crippen molar-refractivity contribution >= 4 is 17.7 Å². The van der Waals surface area contributed by atoms with E-state index >= 15 is 0 Å². The number of nitro groups is 1. The van der Waals surface area contributed by atoms with Gasteiger partial charge in [-0.1, -0.05) is 0 Å². The van der Waals surface area contributed by atoms with Gasteiger partial charge in [0.15, 0.2) is 0 Å². The van der Waals surface area contributed by atoms with Gasteiger partial charge in [-0.05, 0) is 22.0 Å². The Hall–Kier alpha value is -2.82. The fourth-order valence-corrected chi connectivity index (χ4v) is 2.12. The van der Waals surface area contributed by atoms with Gasteiger partial charge in [0.05, 0.1) is 0 Å². The molecule has 11 heteroatoms. The van der Waals surface area contributed by atoms with Gasteiger partial charge in [0.25, 0.3) is 10.4 Å². The van der Waals surface area contributed by atoms with E-state index in [1.807, 2.05) is 0 Å². The van der Waals surface area contributed by atoms with Crippen molar-refractivity contribution in [2.24, 2.45) is 7.05 Å². The molecule has 0 aromatic carbocycles. The molecule has 0 amide bonds. The molecule has 3 heterocycles. The maximum atomic E-state index is 10.6. The molecule has 0 saturated carbocycles. The van der Waals surface area contributed by atoms with E-state index in [1.165, 1.54) is 4.68 Å². The zero-order chi connectivity index (χ0) is 14.8. The molecular weight excluding hydrogens is 298 g/mol. The van der Waals surface area contributed by atoms with Crippen LogP contribution in [0.2, 0.25) is 0 Å². The Balaban J connectivity index is 1.83. The molecule has 21 heavy (non-hydrogen) atoms. The minimum Gasteiger partial charge on any atom is -0.411 e. The highest BCUT2D eigenvalue weighted by Gasteiger charge is 2.22. The molecule has 0 aliphatic carbocycles. The van der Waals surface area contributed by atoms with Crippen molar-refractivity contribution in [3.63, 3.8) is 0 Å². The van der Waals surface area contributed by atoms with Crippen LogP contribution in [-0.2, 0) is 7.05 Å². The first-order valence-corrected chi connectivity index (χ1v) is 6.42. The number of aryl methyl sites for hydroxylation is 1. The molecule has 0 N–H and O–H groups in total. The monoisotopic (exact) mass is 305 g/mol. The molecule has 3 aromatic heterocycles. The number of aromatic nitrogens is 6. The van der Waals surface area contributed by atoms with E-state index in [4.69, 9.17) is 4.42 Å². The van der Waals surface area contributed by atoms with Crippen LogP contribution >= 0.6 is 11.8 Å². The molecule has 0 aliphatic heterocycles. The first-order chi connectivity index (χ1) is 10.1. The Bertz CT molecular complexity index is 785. The van der Waals surface area contributed by atoms with E-state index in [1.54, 1.807) is 31.6 Å². The van der Waals surface area contributed by atoms with E-state index in [0.717, 1.165) is 17.3 Å². The average molecular weight is 305 g/mol. The van der Waals surface area contributed by atoms with Gasteiger partial charge in [-0.3, -0.25) is 4.98 Å². The number of hydrogen-bond acceptors (Lipinski definition) is 9. The van der Waals surface area contributed by atoms with Crippen LogP contribution in [0.3, 0.4) is 0 Å². The lowest BCUT2D eigenvalue weighted by atomic mass is 10.3. The number of hydrogen-bond donors (Lipinski definition) is 0. The SMILES string of the molecule is Cn1nc([N+](=O)[O-])nc1Sc1nnc(-c2ccncc2)o1. The lowest BCUT2D eigenvalue weighted by molar-refractivity contribution is -0.394. The van der Waals surface area contributed by atoms with Crippen LogP contribution in [-0.4, -0.2) is 34.9 Å². The smallest absolute Gasteiger partial charge is 0.411 e. The second kappa shape index (κ2) is 5.28. The maximum absolute atomic E-state index is 10.6. The summed E-state index contributed by atoms with van der Waals surface area (Å²) in [6.07, 6.45) is 3.22. The molecule has 3 rings (SSSR count). The third-order valence-corrected chi connectivity index (χ3v) is 3.27. The third-order valence-electron chi connectivity index (χ3n) is 2.39. The summed E-state index contributed by atoms with van der Waals surface area (Å²) in [6, 6.07) is 3.46. The van der Waals surface area contributed by atoms with Crippen molar-refractivity contribution in [2.75, 3.05) is 0 Å². The highest BCUT2D eigenvalue weighted by Crippen LogP contribution is 2.28. The molecule has 0 unspecified atom stereocenters. The first-order valence-electron chi connectivity index (χ1n) is 5.60. The van der Waals surface area contributed by atoms with Gasteiger partial charge in [0, 0.05) is 41.9 Å². The number of nitrogens with zero attached hydrogens (tertiary/aromatic N) is 7. The highest BCUT2D eigenvalue weighted by atomic mass is 32.2. The number of rotatable bonds is 4. The van der Waals surface area contributed by atoms with Gasteiger partial charge >= 0.3 is 5.95 Å². The van der Waals surface area contributed by atoms with Gasteiger partial charge in [-0.25, -0.2) is 0 Å². The van der Waals surface area contributed by atoms with Crippen LogP contribution in [0.15, 0.2) is 39.3 Å². The normalized spacial score (nSPS) is 10.7. The van der Waals surface area contributed by atoms with Crippen LogP contribution < -0.4 is 0 Å². The molecule has 0 aliphatic rings. The van der Waals surface area contributed by atoms with Gasteiger partial charge in [-0.2, -0.15) is 4.68 Å². The highest BCUT2D eigenvalue weighted by molar-refractivity contribution is 7.98. The fraction of sp³-hybridized carbons (Fsp3) is 0.100. The van der Waals surface area contributed by atoms with E-state index in [-0.39, 0.29) is 10.4 Å². The van der Waals surface area contributed by atoms with Crippen LogP contribution in [0.1, 0.15) is 0 Å². The first kappa shape index (κ1) is 13.2. The summed E-state index contributed by atoms with van der Waals surface area (Å²) >= 11 is 0.997. The zero-order valence-electron chi connectivity index (χ0n) is 10.6. The summed E-state index contributed by atoms with van der Waals surface area (Å²) in [6.45, 7) is 0. The summed E-state index contributed by atoms with van der Waals surface area (Å²) in [5.74, 6) is -0.148. The minimum atomic E-state index is -0.666. The fourth-order valence-electron chi connectivity index (χ4n) is 1.46. The topological polar surface area (TPSA) is 126 Å². The standard InChI is InChI=1S/C10H7N7O3S/c1-16-9(12-8(15-16)17(18)19)21-10-14-13-7(20-10)6-2-4-11-5-3-6/h2-5H,1H3. The summed E-state index contributed by atoms with van der Waals surface area (Å²) in [5.41, 5.74) is 0.730. The van der Waals surface area contributed by atoms with Crippen molar-refractivity contribution in [1.29, 1.82) is 0 Å². The molecule has 0 radical (unpaired) electrons. The average Bonchev–Trinajstić information content (AvgIpc) is 3.08. The summed E-state index contributed by atoms with van der Waals surface area (Å²) < 4.78 is 6.74. The predicted molar refractivity (Wildman–Crippen MR) is 69.3 cm³/mol. The zero-order valence-corrected chi connectivity index (χ0v) is 11.4. The minimum absolute atomic E-state index is 0.215. The van der Waals surface area contributed by atoms with Crippen molar-refractivity contribution in [2.45, 2.75) is 10.4 Å². The Morgan fingerprint density at radius 2 is 2.10 bits per heavy atom. The van der Waals surface area contributed by atoms with Gasteiger partial charge in [-0.15, -0.1) is 10.2 Å². The van der Waals surface area contributed by atoms with Crippen molar-refractivity contribution in [1.82, 2.24) is 29.9 Å². The number of pyridine rings is 1. The largest absolute Gasteiger partial charge is 0.492 e. The molecule has 0 bridgehead atoms. The van der Waals surface area contributed by atoms with E-state index in [9.17, 15) is 10.1 Å². The Morgan fingerprint density at radius 1 is 1.33 bits per heavy atom. The van der Waals surface area contributed by atoms with Gasteiger partial charge < -0.3 is 14.5 Å². The predicted octanol–water partition coefficient (Wildman–Crippen LogP) is 1.32. The van der Waals surface area contributed by atoms with Gasteiger partial charge in [0.2, 0.25) is 5.89 Å². The second-order valence-electron chi connectivity index (χ2n) is 3.79. The van der Waals surface area contributed by atoms with Crippen molar-refractivity contribution < 1.29 is 9.34 Å². The van der Waals surface area contributed by atoms with Crippen LogP contribution in [0, 0.1) is 10.1 Å². The van der Waals surface area contributed by atoms with E-state index in [2.05, 4.69) is 25.3 Å². The molecule has 3 aromatic rings. The summed E-state index contributed by atoms with van der Waals surface area (Å²) in [4.78, 5) is 17.6. The van der Waals surface area contributed by atoms with Gasteiger partial charge in [0.1, 0.15) is 0 Å². The second-order valence-corrected chi connectivity index (χ2v) is 4.70. The van der Waals surface area contributed by atoms with Crippen LogP contribution in [0.5, 0.6) is 0 Å². The lowest BCUT2D eigenvalue weighted by Gasteiger charge is -1.91. The summed E-state index contributed by atoms with van der Waals surface area (Å²) in [5, 5.41) is 22.5. The Morgan fingerprint density at radius 3 is 2.76 bits per heavy atom. The third kappa shape index (κ3) is 2.72. The van der Waals surface area contributed by atoms with E-state index in [0.29, 0.717) is 5.89 Å². The van der Waals surface area contributed by atoms with Crippen LogP contribution in [0.4, 0.5) is 5.95 Å². The molecule has 0 fully saturated rings. The Labute approximate surface area is 121 Å².